The summed E-state index contributed by atoms with van der Waals surface area (Å²) in [5.41, 5.74) is -7.61. The summed E-state index contributed by atoms with van der Waals surface area (Å²) in [6, 6.07) is 5.02. The van der Waals surface area contributed by atoms with Crippen LogP contribution >= 0.6 is 0 Å². The molecule has 0 nitrogen and oxygen atoms in total. The Morgan fingerprint density at radius 2 is 1.14 bits per heavy atom. The lowest BCUT2D eigenvalue weighted by molar-refractivity contribution is -0.174. The second-order valence-electron chi connectivity index (χ2n) is 4.29. The maximum atomic E-state index is 13.0. The molecule has 119 valence electrons. The Balaban J connectivity index is 3.09. The summed E-state index contributed by atoms with van der Waals surface area (Å²) in [4.78, 5) is 0. The molecule has 0 heterocycles. The van der Waals surface area contributed by atoms with Gasteiger partial charge in [-0.25, -0.2) is 0 Å². The van der Waals surface area contributed by atoms with E-state index >= 15 is 0 Å². The Bertz CT molecular complexity index is 704. The van der Waals surface area contributed by atoms with E-state index in [2.05, 4.69) is 0 Å². The normalized spacial score (nSPS) is 13.7. The quantitative estimate of drug-likeness (QED) is 0.544. The SMILES string of the molecule is FC(F)(F)c1[c]c2ccccc2c(C(F)(F)F)c1C(F)(F)F. The van der Waals surface area contributed by atoms with E-state index in [-0.39, 0.29) is 0 Å². The maximum absolute atomic E-state index is 13.0. The van der Waals surface area contributed by atoms with Crippen LogP contribution in [0.1, 0.15) is 16.7 Å². The fourth-order valence-electron chi connectivity index (χ4n) is 2.06. The average molecular weight is 331 g/mol. The predicted octanol–water partition coefficient (Wildman–Crippen LogP) is 5.70. The minimum Gasteiger partial charge on any atom is -0.166 e. The zero-order valence-electron chi connectivity index (χ0n) is 10.2. The molecule has 9 heteroatoms. The summed E-state index contributed by atoms with van der Waals surface area (Å²) in [5.74, 6) is 0. The Morgan fingerprint density at radius 1 is 0.636 bits per heavy atom. The number of hydrogen-bond acceptors (Lipinski definition) is 0. The van der Waals surface area contributed by atoms with Gasteiger partial charge in [-0.1, -0.05) is 24.3 Å². The molecule has 0 N–H and O–H groups in total. The molecule has 0 saturated heterocycles. The zero-order valence-corrected chi connectivity index (χ0v) is 10.2. The first-order valence-electron chi connectivity index (χ1n) is 5.53. The van der Waals surface area contributed by atoms with Crippen molar-refractivity contribution in [1.29, 1.82) is 0 Å². The molecule has 0 aliphatic rings. The molecule has 0 atom stereocenters. The number of benzene rings is 2. The highest BCUT2D eigenvalue weighted by molar-refractivity contribution is 5.88. The number of fused-ring (bicyclic) bond motifs is 1. The molecule has 0 bridgehead atoms. The lowest BCUT2D eigenvalue weighted by Gasteiger charge is -2.22. The van der Waals surface area contributed by atoms with Gasteiger partial charge in [0.25, 0.3) is 0 Å². The Kier molecular flexibility index (Phi) is 3.58. The van der Waals surface area contributed by atoms with Gasteiger partial charge in [-0.05, 0) is 10.8 Å². The van der Waals surface area contributed by atoms with Crippen LogP contribution in [0.3, 0.4) is 0 Å². The molecule has 1 radical (unpaired) electrons. The van der Waals surface area contributed by atoms with Crippen LogP contribution in [0.4, 0.5) is 39.5 Å². The Hall–Kier alpha value is -1.93. The van der Waals surface area contributed by atoms with Crippen molar-refractivity contribution in [3.05, 3.63) is 47.0 Å². The molecular formula is C13H4F9. The summed E-state index contributed by atoms with van der Waals surface area (Å²) in [7, 11) is 0. The molecule has 0 aliphatic carbocycles. The van der Waals surface area contributed by atoms with Gasteiger partial charge >= 0.3 is 18.5 Å². The molecule has 0 aliphatic heterocycles. The fourth-order valence-corrected chi connectivity index (χ4v) is 2.06. The van der Waals surface area contributed by atoms with Crippen molar-refractivity contribution in [3.8, 4) is 0 Å². The standard InChI is InChI=1S/C13H4F9/c14-11(15,16)8-5-6-3-1-2-4-7(6)9(12(17,18)19)10(8)13(20,21)22/h1-4H. The second-order valence-corrected chi connectivity index (χ2v) is 4.29. The first-order chi connectivity index (χ1) is 9.83. The molecule has 0 amide bonds. The molecule has 0 aromatic heterocycles. The first kappa shape index (κ1) is 16.4. The van der Waals surface area contributed by atoms with E-state index in [4.69, 9.17) is 0 Å². The third-order valence-corrected chi connectivity index (χ3v) is 2.81. The molecular weight excluding hydrogens is 327 g/mol. The van der Waals surface area contributed by atoms with Crippen molar-refractivity contribution < 1.29 is 39.5 Å². The van der Waals surface area contributed by atoms with Crippen LogP contribution in [0.5, 0.6) is 0 Å². The van der Waals surface area contributed by atoms with Gasteiger partial charge in [-0.2, -0.15) is 39.5 Å². The molecule has 0 fully saturated rings. The van der Waals surface area contributed by atoms with E-state index < -0.39 is 46.0 Å². The minimum atomic E-state index is -5.84. The number of alkyl halides is 9. The zero-order chi connectivity index (χ0) is 16.9. The van der Waals surface area contributed by atoms with E-state index in [0.717, 1.165) is 18.2 Å². The fraction of sp³-hybridized carbons (Fsp3) is 0.231. The van der Waals surface area contributed by atoms with Crippen LogP contribution in [0.2, 0.25) is 0 Å². The molecule has 0 unspecified atom stereocenters. The van der Waals surface area contributed by atoms with Crippen LogP contribution in [0.15, 0.2) is 24.3 Å². The largest absolute Gasteiger partial charge is 0.417 e. The lowest BCUT2D eigenvalue weighted by Crippen LogP contribution is -2.23. The van der Waals surface area contributed by atoms with Gasteiger partial charge in [0.1, 0.15) is 0 Å². The highest BCUT2D eigenvalue weighted by Crippen LogP contribution is 2.49. The van der Waals surface area contributed by atoms with E-state index in [0.29, 0.717) is 6.07 Å². The number of rotatable bonds is 0. The van der Waals surface area contributed by atoms with Crippen LogP contribution in [-0.2, 0) is 18.5 Å². The van der Waals surface area contributed by atoms with Crippen molar-refractivity contribution in [1.82, 2.24) is 0 Å². The van der Waals surface area contributed by atoms with E-state index in [1.165, 1.54) is 6.07 Å². The highest BCUT2D eigenvalue weighted by Gasteiger charge is 2.51. The third-order valence-electron chi connectivity index (χ3n) is 2.81. The lowest BCUT2D eigenvalue weighted by atomic mass is 9.92. The number of halogens is 9. The van der Waals surface area contributed by atoms with Gasteiger partial charge in [-0.15, -0.1) is 0 Å². The molecule has 0 spiro atoms. The van der Waals surface area contributed by atoms with E-state index in [1.54, 1.807) is 0 Å². The van der Waals surface area contributed by atoms with Gasteiger partial charge in [0.15, 0.2) is 0 Å². The van der Waals surface area contributed by atoms with Gasteiger partial charge in [-0.3, -0.25) is 0 Å². The smallest absolute Gasteiger partial charge is 0.166 e. The van der Waals surface area contributed by atoms with Crippen molar-refractivity contribution in [2.75, 3.05) is 0 Å². The minimum absolute atomic E-state index is 0.671. The van der Waals surface area contributed by atoms with Gasteiger partial charge < -0.3 is 0 Å². The van der Waals surface area contributed by atoms with Crippen LogP contribution < -0.4 is 0 Å². The van der Waals surface area contributed by atoms with Crippen molar-refractivity contribution in [2.45, 2.75) is 18.5 Å². The van der Waals surface area contributed by atoms with Crippen molar-refractivity contribution >= 4 is 10.8 Å². The Labute approximate surface area is 117 Å². The summed E-state index contributed by atoms with van der Waals surface area (Å²) in [6.07, 6.45) is -17.1. The molecule has 22 heavy (non-hydrogen) atoms. The summed E-state index contributed by atoms with van der Waals surface area (Å²) >= 11 is 0. The highest BCUT2D eigenvalue weighted by atomic mass is 19.4. The monoisotopic (exact) mass is 331 g/mol. The van der Waals surface area contributed by atoms with Crippen LogP contribution in [0.25, 0.3) is 10.8 Å². The topological polar surface area (TPSA) is 0 Å². The molecule has 2 aromatic rings. The van der Waals surface area contributed by atoms with Gasteiger partial charge in [0.05, 0.1) is 16.7 Å². The van der Waals surface area contributed by atoms with Gasteiger partial charge in [0.2, 0.25) is 0 Å². The predicted molar refractivity (Wildman–Crippen MR) is 57.8 cm³/mol. The maximum Gasteiger partial charge on any atom is 0.417 e. The molecule has 2 aromatic carbocycles. The average Bonchev–Trinajstić information content (AvgIpc) is 2.33. The van der Waals surface area contributed by atoms with Crippen molar-refractivity contribution in [3.63, 3.8) is 0 Å². The summed E-state index contributed by atoms with van der Waals surface area (Å²) in [6.45, 7) is 0. The van der Waals surface area contributed by atoms with E-state index in [1.807, 2.05) is 0 Å². The summed E-state index contributed by atoms with van der Waals surface area (Å²) in [5, 5.41) is -1.69. The second kappa shape index (κ2) is 4.79. The van der Waals surface area contributed by atoms with E-state index in [9.17, 15) is 39.5 Å². The summed E-state index contributed by atoms with van der Waals surface area (Å²) < 4.78 is 116. The number of hydrogen-bond donors (Lipinski definition) is 0. The molecule has 2 rings (SSSR count). The van der Waals surface area contributed by atoms with Gasteiger partial charge in [0, 0.05) is 6.07 Å². The van der Waals surface area contributed by atoms with Crippen LogP contribution in [-0.4, -0.2) is 0 Å². The molecule has 0 saturated carbocycles. The Morgan fingerprint density at radius 3 is 1.59 bits per heavy atom. The third kappa shape index (κ3) is 2.84. The van der Waals surface area contributed by atoms with Crippen molar-refractivity contribution in [2.24, 2.45) is 0 Å². The van der Waals surface area contributed by atoms with Crippen LogP contribution in [0, 0.1) is 6.07 Å². The first-order valence-corrected chi connectivity index (χ1v) is 5.53.